The Hall–Kier alpha value is -0.570. The minimum atomic E-state index is 0.263. The normalized spacial score (nSPS) is 12.8. The molecule has 0 spiro atoms. The molecule has 0 unspecified atom stereocenters. The molecule has 78 valence electrons. The first-order valence-corrected chi connectivity index (χ1v) is 5.10. The summed E-state index contributed by atoms with van der Waals surface area (Å²) < 4.78 is 4.96. The van der Waals surface area contributed by atoms with E-state index in [0.29, 0.717) is 0 Å². The van der Waals surface area contributed by atoms with Crippen LogP contribution in [0.15, 0.2) is 24.3 Å². The zero-order chi connectivity index (χ0) is 10.4. The molecule has 0 bridgehead atoms. The second kappa shape index (κ2) is 6.02. The summed E-state index contributed by atoms with van der Waals surface area (Å²) in [4.78, 5) is 0. The highest BCUT2D eigenvalue weighted by Crippen LogP contribution is 2.21. The monoisotopic (exact) mass is 213 g/mol. The third kappa shape index (κ3) is 3.29. The van der Waals surface area contributed by atoms with Crippen LogP contribution in [-0.2, 0) is 4.74 Å². The van der Waals surface area contributed by atoms with E-state index in [-0.39, 0.29) is 6.04 Å². The van der Waals surface area contributed by atoms with E-state index in [4.69, 9.17) is 16.3 Å². The average Bonchev–Trinajstić information content (AvgIpc) is 2.18. The molecule has 0 amide bonds. The van der Waals surface area contributed by atoms with Gasteiger partial charge in [-0.2, -0.15) is 0 Å². The molecule has 2 nitrogen and oxygen atoms in total. The van der Waals surface area contributed by atoms with Crippen LogP contribution in [0.4, 0.5) is 0 Å². The molecule has 0 aromatic heterocycles. The van der Waals surface area contributed by atoms with Crippen molar-refractivity contribution in [3.8, 4) is 0 Å². The zero-order valence-corrected chi connectivity index (χ0v) is 9.34. The molecule has 0 heterocycles. The maximum Gasteiger partial charge on any atom is 0.0587 e. The van der Waals surface area contributed by atoms with Gasteiger partial charge < -0.3 is 10.1 Å². The van der Waals surface area contributed by atoms with Crippen LogP contribution in [0.2, 0.25) is 5.02 Å². The van der Waals surface area contributed by atoms with Gasteiger partial charge in [0.25, 0.3) is 0 Å². The fourth-order valence-corrected chi connectivity index (χ4v) is 1.61. The Morgan fingerprint density at radius 1 is 1.43 bits per heavy atom. The fraction of sp³-hybridized carbons (Fsp3) is 0.455. The Morgan fingerprint density at radius 2 is 2.14 bits per heavy atom. The molecule has 1 N–H and O–H groups in total. The van der Waals surface area contributed by atoms with Crippen LogP contribution in [0, 0.1) is 0 Å². The van der Waals surface area contributed by atoms with Gasteiger partial charge in [-0.1, -0.05) is 29.8 Å². The Bertz CT molecular complexity index is 278. The second-order valence-corrected chi connectivity index (χ2v) is 3.60. The summed E-state index contributed by atoms with van der Waals surface area (Å²) in [5, 5.41) is 4.14. The van der Waals surface area contributed by atoms with Crippen LogP contribution >= 0.6 is 11.6 Å². The predicted octanol–water partition coefficient (Wildman–Crippen LogP) is 2.64. The first-order valence-electron chi connectivity index (χ1n) is 4.72. The predicted molar refractivity (Wildman–Crippen MR) is 59.7 cm³/mol. The summed E-state index contributed by atoms with van der Waals surface area (Å²) in [5.41, 5.74) is 1.13. The number of methoxy groups -OCH3 is 1. The largest absolute Gasteiger partial charge is 0.383 e. The van der Waals surface area contributed by atoms with Crippen LogP contribution in [0.1, 0.15) is 18.5 Å². The first kappa shape index (κ1) is 11.5. The van der Waals surface area contributed by atoms with Crippen molar-refractivity contribution in [2.45, 2.75) is 13.0 Å². The number of benzene rings is 1. The van der Waals surface area contributed by atoms with E-state index >= 15 is 0 Å². The van der Waals surface area contributed by atoms with Crippen LogP contribution in [-0.4, -0.2) is 20.3 Å². The van der Waals surface area contributed by atoms with Crippen LogP contribution in [0.25, 0.3) is 0 Å². The molecule has 1 aromatic rings. The van der Waals surface area contributed by atoms with Crippen molar-refractivity contribution >= 4 is 11.6 Å². The Kier molecular flexibility index (Phi) is 4.94. The minimum Gasteiger partial charge on any atom is -0.383 e. The van der Waals surface area contributed by atoms with E-state index < -0.39 is 0 Å². The van der Waals surface area contributed by atoms with Gasteiger partial charge in [0, 0.05) is 24.7 Å². The van der Waals surface area contributed by atoms with Crippen molar-refractivity contribution in [3.05, 3.63) is 34.9 Å². The summed E-state index contributed by atoms with van der Waals surface area (Å²) in [5.74, 6) is 0. The molecule has 0 saturated carbocycles. The maximum atomic E-state index is 6.06. The molecule has 0 aliphatic carbocycles. The van der Waals surface area contributed by atoms with Gasteiger partial charge in [-0.05, 0) is 18.6 Å². The molecule has 0 radical (unpaired) electrons. The van der Waals surface area contributed by atoms with E-state index in [2.05, 4.69) is 12.2 Å². The van der Waals surface area contributed by atoms with E-state index in [0.717, 1.165) is 23.7 Å². The first-order chi connectivity index (χ1) is 6.75. The molecule has 3 heteroatoms. The molecule has 0 saturated heterocycles. The van der Waals surface area contributed by atoms with Gasteiger partial charge in [0.15, 0.2) is 0 Å². The summed E-state index contributed by atoms with van der Waals surface area (Å²) in [6, 6.07) is 8.14. The number of nitrogens with one attached hydrogen (secondary N) is 1. The van der Waals surface area contributed by atoms with E-state index in [1.807, 2.05) is 24.3 Å². The number of rotatable bonds is 5. The van der Waals surface area contributed by atoms with Crippen molar-refractivity contribution in [2.75, 3.05) is 20.3 Å². The van der Waals surface area contributed by atoms with Gasteiger partial charge in [-0.3, -0.25) is 0 Å². The van der Waals surface area contributed by atoms with E-state index in [1.54, 1.807) is 7.11 Å². The average molecular weight is 214 g/mol. The molecular formula is C11H16ClNO. The van der Waals surface area contributed by atoms with Crippen LogP contribution < -0.4 is 5.32 Å². The van der Waals surface area contributed by atoms with Crippen molar-refractivity contribution in [1.82, 2.24) is 5.32 Å². The van der Waals surface area contributed by atoms with E-state index in [1.165, 1.54) is 0 Å². The highest BCUT2D eigenvalue weighted by molar-refractivity contribution is 6.31. The van der Waals surface area contributed by atoms with Crippen molar-refractivity contribution < 1.29 is 4.74 Å². The SMILES string of the molecule is COCCN[C@H](C)c1ccccc1Cl. The Morgan fingerprint density at radius 3 is 2.79 bits per heavy atom. The molecule has 14 heavy (non-hydrogen) atoms. The lowest BCUT2D eigenvalue weighted by Gasteiger charge is -2.15. The molecule has 1 atom stereocenters. The summed E-state index contributed by atoms with van der Waals surface area (Å²) >= 11 is 6.06. The van der Waals surface area contributed by atoms with Crippen LogP contribution in [0.3, 0.4) is 0 Å². The Labute approximate surface area is 90.2 Å². The van der Waals surface area contributed by atoms with Crippen molar-refractivity contribution in [3.63, 3.8) is 0 Å². The van der Waals surface area contributed by atoms with Gasteiger partial charge in [0.2, 0.25) is 0 Å². The molecule has 1 aromatic carbocycles. The molecule has 0 aliphatic heterocycles. The Balaban J connectivity index is 2.51. The minimum absolute atomic E-state index is 0.263. The summed E-state index contributed by atoms with van der Waals surface area (Å²) in [6.45, 7) is 3.65. The fourth-order valence-electron chi connectivity index (χ4n) is 1.31. The van der Waals surface area contributed by atoms with Crippen molar-refractivity contribution in [2.24, 2.45) is 0 Å². The van der Waals surface area contributed by atoms with Crippen molar-refractivity contribution in [1.29, 1.82) is 0 Å². The number of ether oxygens (including phenoxy) is 1. The summed E-state index contributed by atoms with van der Waals surface area (Å²) in [6.07, 6.45) is 0. The lowest BCUT2D eigenvalue weighted by atomic mass is 10.1. The lowest BCUT2D eigenvalue weighted by Crippen LogP contribution is -2.22. The highest BCUT2D eigenvalue weighted by Gasteiger charge is 2.07. The quantitative estimate of drug-likeness (QED) is 0.760. The highest BCUT2D eigenvalue weighted by atomic mass is 35.5. The smallest absolute Gasteiger partial charge is 0.0587 e. The number of halogens is 1. The molecule has 0 fully saturated rings. The summed E-state index contributed by atoms with van der Waals surface area (Å²) in [7, 11) is 1.70. The third-order valence-electron chi connectivity index (χ3n) is 2.13. The van der Waals surface area contributed by atoms with Gasteiger partial charge in [0.1, 0.15) is 0 Å². The van der Waals surface area contributed by atoms with Gasteiger partial charge in [0.05, 0.1) is 6.61 Å². The molecule has 0 aliphatic rings. The van der Waals surface area contributed by atoms with E-state index in [9.17, 15) is 0 Å². The van der Waals surface area contributed by atoms with Crippen LogP contribution in [0.5, 0.6) is 0 Å². The second-order valence-electron chi connectivity index (χ2n) is 3.19. The topological polar surface area (TPSA) is 21.3 Å². The van der Waals surface area contributed by atoms with Gasteiger partial charge >= 0.3 is 0 Å². The van der Waals surface area contributed by atoms with Gasteiger partial charge in [-0.15, -0.1) is 0 Å². The number of hydrogen-bond donors (Lipinski definition) is 1. The lowest BCUT2D eigenvalue weighted by molar-refractivity contribution is 0.196. The molecular weight excluding hydrogens is 198 g/mol. The number of hydrogen-bond acceptors (Lipinski definition) is 2. The maximum absolute atomic E-state index is 6.06. The van der Waals surface area contributed by atoms with Gasteiger partial charge in [-0.25, -0.2) is 0 Å². The third-order valence-corrected chi connectivity index (χ3v) is 2.47. The molecule has 1 rings (SSSR count). The standard InChI is InChI=1S/C11H16ClNO/c1-9(13-7-8-14-2)10-5-3-4-6-11(10)12/h3-6,9,13H,7-8H2,1-2H3/t9-/m1/s1. The zero-order valence-electron chi connectivity index (χ0n) is 8.59.